The van der Waals surface area contributed by atoms with Gasteiger partial charge >= 0.3 is 0 Å². The molecule has 0 aromatic rings. The maximum atomic E-state index is 6.18. The van der Waals surface area contributed by atoms with Crippen LogP contribution in [0.15, 0.2) is 12.2 Å². The molecule has 4 aliphatic rings. The van der Waals surface area contributed by atoms with Crippen molar-refractivity contribution >= 4 is 0 Å². The normalized spacial score (nSPS) is 43.8. The van der Waals surface area contributed by atoms with Crippen LogP contribution < -0.4 is 0 Å². The average molecular weight is 354 g/mol. The summed E-state index contributed by atoms with van der Waals surface area (Å²) < 4.78 is 36.1. The lowest BCUT2D eigenvalue weighted by Crippen LogP contribution is -2.49. The van der Waals surface area contributed by atoms with E-state index in [2.05, 4.69) is 0 Å². The van der Waals surface area contributed by atoms with Crippen molar-refractivity contribution in [1.29, 1.82) is 0 Å². The summed E-state index contributed by atoms with van der Waals surface area (Å²) in [6.45, 7) is 5.41. The van der Waals surface area contributed by atoms with Gasteiger partial charge in [0, 0.05) is 13.2 Å². The maximum Gasteiger partial charge on any atom is 0.164 e. The van der Waals surface area contributed by atoms with Crippen LogP contribution in [-0.4, -0.2) is 56.0 Å². The third kappa shape index (κ3) is 4.26. The first-order valence-electron chi connectivity index (χ1n) is 9.69. The van der Waals surface area contributed by atoms with Crippen molar-refractivity contribution in [1.82, 2.24) is 0 Å². The van der Waals surface area contributed by atoms with Gasteiger partial charge in [0.2, 0.25) is 0 Å². The van der Waals surface area contributed by atoms with Crippen molar-refractivity contribution in [3.63, 3.8) is 0 Å². The lowest BCUT2D eigenvalue weighted by molar-refractivity contribution is -0.217. The highest BCUT2D eigenvalue weighted by atomic mass is 16.8. The number of hydrogen-bond acceptors (Lipinski definition) is 6. The average Bonchev–Trinajstić information content (AvgIpc) is 2.95. The van der Waals surface area contributed by atoms with Crippen molar-refractivity contribution in [3.8, 4) is 0 Å². The molecule has 25 heavy (non-hydrogen) atoms. The van der Waals surface area contributed by atoms with Crippen LogP contribution in [0.2, 0.25) is 0 Å². The van der Waals surface area contributed by atoms with Crippen LogP contribution in [0.4, 0.5) is 0 Å². The van der Waals surface area contributed by atoms with Crippen molar-refractivity contribution in [2.24, 2.45) is 0 Å². The van der Waals surface area contributed by atoms with Crippen molar-refractivity contribution in [2.45, 2.75) is 95.2 Å². The van der Waals surface area contributed by atoms with Crippen LogP contribution in [0.25, 0.3) is 0 Å². The van der Waals surface area contributed by atoms with Crippen LogP contribution in [0.1, 0.15) is 52.4 Å². The standard InChI is InChI=1S/C19H30O6/c1-19(2)24-17-13(22-15-7-3-5-11-20-15)9-10-14(18(17)25-19)23-16-8-4-6-12-21-16/h9-10,13-18H,3-8,11-12H2,1-2H3/t13-,14-,15?,16?,17-,18-/m0/s1. The Morgan fingerprint density at radius 2 is 1.24 bits per heavy atom. The highest BCUT2D eigenvalue weighted by Crippen LogP contribution is 2.38. The van der Waals surface area contributed by atoms with Crippen LogP contribution in [0.5, 0.6) is 0 Å². The Labute approximate surface area is 149 Å². The summed E-state index contributed by atoms with van der Waals surface area (Å²) in [7, 11) is 0. The maximum absolute atomic E-state index is 6.18. The van der Waals surface area contributed by atoms with Crippen molar-refractivity contribution in [2.75, 3.05) is 13.2 Å². The van der Waals surface area contributed by atoms with Gasteiger partial charge in [-0.25, -0.2) is 0 Å². The van der Waals surface area contributed by atoms with Gasteiger partial charge in [-0.2, -0.15) is 0 Å². The molecule has 0 saturated carbocycles. The van der Waals surface area contributed by atoms with E-state index in [1.54, 1.807) is 0 Å². The van der Waals surface area contributed by atoms with Crippen LogP contribution in [0, 0.1) is 0 Å². The zero-order chi connectivity index (χ0) is 17.3. The second-order valence-corrected chi connectivity index (χ2v) is 7.74. The van der Waals surface area contributed by atoms with Gasteiger partial charge in [0.15, 0.2) is 18.4 Å². The molecular formula is C19H30O6. The van der Waals surface area contributed by atoms with E-state index in [-0.39, 0.29) is 37.0 Å². The molecule has 3 aliphatic heterocycles. The third-order valence-corrected chi connectivity index (χ3v) is 5.20. The highest BCUT2D eigenvalue weighted by Gasteiger charge is 2.51. The van der Waals surface area contributed by atoms with Crippen LogP contribution >= 0.6 is 0 Å². The predicted molar refractivity (Wildman–Crippen MR) is 89.9 cm³/mol. The molecule has 0 aromatic carbocycles. The molecule has 3 heterocycles. The summed E-state index contributed by atoms with van der Waals surface area (Å²) in [5, 5.41) is 0. The zero-order valence-electron chi connectivity index (χ0n) is 15.2. The van der Waals surface area contributed by atoms with Gasteiger partial charge in [-0.05, 0) is 52.4 Å². The van der Waals surface area contributed by atoms with Crippen LogP contribution in [0.3, 0.4) is 0 Å². The highest BCUT2D eigenvalue weighted by molar-refractivity contribution is 5.12. The molecule has 0 radical (unpaired) electrons. The summed E-state index contributed by atoms with van der Waals surface area (Å²) in [4.78, 5) is 0. The van der Waals surface area contributed by atoms with E-state index in [4.69, 9.17) is 28.4 Å². The minimum Gasteiger partial charge on any atom is -0.353 e. The summed E-state index contributed by atoms with van der Waals surface area (Å²) in [6.07, 6.45) is 9.38. The first-order valence-corrected chi connectivity index (χ1v) is 9.69. The van der Waals surface area contributed by atoms with Crippen molar-refractivity contribution < 1.29 is 28.4 Å². The minimum absolute atomic E-state index is 0.157. The summed E-state index contributed by atoms with van der Waals surface area (Å²) >= 11 is 0. The van der Waals surface area contributed by atoms with Gasteiger partial charge in [-0.15, -0.1) is 0 Å². The Kier molecular flexibility index (Phi) is 5.46. The molecule has 3 saturated heterocycles. The first kappa shape index (κ1) is 17.9. The third-order valence-electron chi connectivity index (χ3n) is 5.20. The molecule has 3 fully saturated rings. The Bertz CT molecular complexity index is 427. The second-order valence-electron chi connectivity index (χ2n) is 7.74. The predicted octanol–water partition coefficient (Wildman–Crippen LogP) is 2.90. The van der Waals surface area contributed by atoms with Gasteiger partial charge in [0.1, 0.15) is 24.4 Å². The van der Waals surface area contributed by atoms with Gasteiger partial charge in [0.25, 0.3) is 0 Å². The number of fused-ring (bicyclic) bond motifs is 1. The second kappa shape index (κ2) is 7.62. The van der Waals surface area contributed by atoms with E-state index in [9.17, 15) is 0 Å². The Hall–Kier alpha value is -0.500. The summed E-state index contributed by atoms with van der Waals surface area (Å²) in [5.41, 5.74) is 0. The largest absolute Gasteiger partial charge is 0.353 e. The van der Waals surface area contributed by atoms with E-state index in [1.807, 2.05) is 26.0 Å². The van der Waals surface area contributed by atoms with Gasteiger partial charge in [0.05, 0.1) is 0 Å². The number of ether oxygens (including phenoxy) is 6. The fraction of sp³-hybridized carbons (Fsp3) is 0.895. The molecular weight excluding hydrogens is 324 g/mol. The Morgan fingerprint density at radius 3 is 1.64 bits per heavy atom. The number of hydrogen-bond donors (Lipinski definition) is 0. The molecule has 0 amide bonds. The van der Waals surface area contributed by atoms with E-state index in [0.717, 1.165) is 51.7 Å². The van der Waals surface area contributed by atoms with Crippen molar-refractivity contribution in [3.05, 3.63) is 12.2 Å². The molecule has 6 nitrogen and oxygen atoms in total. The molecule has 0 N–H and O–H groups in total. The molecule has 4 rings (SSSR count). The van der Waals surface area contributed by atoms with Crippen LogP contribution in [-0.2, 0) is 28.4 Å². The van der Waals surface area contributed by atoms with E-state index in [0.29, 0.717) is 0 Å². The smallest absolute Gasteiger partial charge is 0.164 e. The van der Waals surface area contributed by atoms with Gasteiger partial charge in [-0.1, -0.05) is 12.2 Å². The Morgan fingerprint density at radius 1 is 0.760 bits per heavy atom. The molecule has 142 valence electrons. The van der Waals surface area contributed by atoms with E-state index < -0.39 is 5.79 Å². The molecule has 0 spiro atoms. The molecule has 0 bridgehead atoms. The quantitative estimate of drug-likeness (QED) is 0.724. The SMILES string of the molecule is CC1(C)O[C@@H]2[C@@H](O1)[C@@H](OC1CCCCO1)C=C[C@@H]2OC1CCCCO1. The molecule has 2 unspecified atom stereocenters. The molecule has 0 aromatic heterocycles. The monoisotopic (exact) mass is 354 g/mol. The lowest BCUT2D eigenvalue weighted by atomic mass is 9.95. The van der Waals surface area contributed by atoms with E-state index >= 15 is 0 Å². The summed E-state index contributed by atoms with van der Waals surface area (Å²) in [6, 6.07) is 0. The first-order chi connectivity index (χ1) is 12.1. The fourth-order valence-electron chi connectivity index (χ4n) is 4.00. The lowest BCUT2D eigenvalue weighted by Gasteiger charge is -2.36. The van der Waals surface area contributed by atoms with Gasteiger partial charge < -0.3 is 28.4 Å². The Balaban J connectivity index is 1.44. The summed E-state index contributed by atoms with van der Waals surface area (Å²) in [5.74, 6) is -0.647. The van der Waals surface area contributed by atoms with Gasteiger partial charge in [-0.3, -0.25) is 0 Å². The molecule has 1 aliphatic carbocycles. The number of rotatable bonds is 4. The molecule has 6 heteroatoms. The topological polar surface area (TPSA) is 55.4 Å². The fourth-order valence-corrected chi connectivity index (χ4v) is 4.00. The minimum atomic E-state index is -0.647. The molecule has 6 atom stereocenters. The van der Waals surface area contributed by atoms with E-state index in [1.165, 1.54) is 0 Å². The zero-order valence-corrected chi connectivity index (χ0v) is 15.2.